The van der Waals surface area contributed by atoms with Crippen molar-refractivity contribution in [3.63, 3.8) is 0 Å². The molecule has 0 bridgehead atoms. The fourth-order valence-corrected chi connectivity index (χ4v) is 2.42. The molecule has 2 aromatic carbocycles. The lowest BCUT2D eigenvalue weighted by Gasteiger charge is -2.06. The summed E-state index contributed by atoms with van der Waals surface area (Å²) in [5, 5.41) is 9.41. The van der Waals surface area contributed by atoms with Crippen LogP contribution in [0.5, 0.6) is 23.0 Å². The minimum absolute atomic E-state index is 0.00540. The SMILES string of the molecule is COc1cc(/C=C(/C#N)C(=O)c2ccc3c(c2)OCO3)cc(OC)c1. The highest BCUT2D eigenvalue weighted by Crippen LogP contribution is 2.33. The van der Waals surface area contributed by atoms with Gasteiger partial charge in [0, 0.05) is 11.6 Å². The molecule has 0 spiro atoms. The molecular formula is C19H15NO5. The molecule has 126 valence electrons. The molecule has 0 atom stereocenters. The van der Waals surface area contributed by atoms with E-state index in [1.54, 1.807) is 36.4 Å². The number of benzene rings is 2. The number of ketones is 1. The summed E-state index contributed by atoms with van der Waals surface area (Å²) in [6, 6.07) is 11.9. The van der Waals surface area contributed by atoms with Gasteiger partial charge in [-0.15, -0.1) is 0 Å². The Labute approximate surface area is 144 Å². The molecule has 0 aromatic heterocycles. The zero-order valence-electron chi connectivity index (χ0n) is 13.7. The number of ether oxygens (including phenoxy) is 4. The molecule has 1 aliphatic rings. The highest BCUT2D eigenvalue weighted by Gasteiger charge is 2.18. The van der Waals surface area contributed by atoms with Crippen molar-refractivity contribution in [1.29, 1.82) is 5.26 Å². The second-order valence-corrected chi connectivity index (χ2v) is 5.21. The third-order valence-electron chi connectivity index (χ3n) is 3.68. The zero-order valence-corrected chi connectivity index (χ0v) is 13.7. The zero-order chi connectivity index (χ0) is 17.8. The van der Waals surface area contributed by atoms with Gasteiger partial charge in [0.2, 0.25) is 12.6 Å². The average molecular weight is 337 g/mol. The summed E-state index contributed by atoms with van der Waals surface area (Å²) < 4.78 is 20.9. The number of carbonyl (C=O) groups is 1. The van der Waals surface area contributed by atoms with Crippen LogP contribution in [0.2, 0.25) is 0 Å². The van der Waals surface area contributed by atoms with E-state index in [0.29, 0.717) is 34.1 Å². The summed E-state index contributed by atoms with van der Waals surface area (Å²) in [4.78, 5) is 12.6. The molecule has 1 aliphatic heterocycles. The molecule has 0 aliphatic carbocycles. The molecule has 6 nitrogen and oxygen atoms in total. The van der Waals surface area contributed by atoms with Crippen molar-refractivity contribution in [1.82, 2.24) is 0 Å². The van der Waals surface area contributed by atoms with Crippen LogP contribution in [0.15, 0.2) is 42.0 Å². The van der Waals surface area contributed by atoms with E-state index in [1.807, 2.05) is 6.07 Å². The molecule has 2 aromatic rings. The first-order valence-corrected chi connectivity index (χ1v) is 7.44. The van der Waals surface area contributed by atoms with Crippen LogP contribution >= 0.6 is 0 Å². The monoisotopic (exact) mass is 337 g/mol. The molecule has 6 heteroatoms. The predicted octanol–water partition coefficient (Wildman–Crippen LogP) is 3.22. The van der Waals surface area contributed by atoms with Gasteiger partial charge in [-0.3, -0.25) is 4.79 Å². The van der Waals surface area contributed by atoms with Crippen LogP contribution in [0.3, 0.4) is 0 Å². The summed E-state index contributed by atoms with van der Waals surface area (Å²) in [6.45, 7) is 0.123. The number of Topliss-reactive ketones (excluding diaryl/α,β-unsaturated/α-hetero) is 1. The molecule has 0 fully saturated rings. The van der Waals surface area contributed by atoms with Gasteiger partial charge in [0.05, 0.1) is 14.2 Å². The van der Waals surface area contributed by atoms with Crippen molar-refractivity contribution in [2.24, 2.45) is 0 Å². The Morgan fingerprint density at radius 2 is 1.76 bits per heavy atom. The van der Waals surface area contributed by atoms with E-state index in [-0.39, 0.29) is 12.4 Å². The molecular weight excluding hydrogens is 322 g/mol. The standard InChI is InChI=1S/C19H15NO5/c1-22-15-6-12(7-16(9-15)23-2)5-14(10-20)19(21)13-3-4-17-18(8-13)25-11-24-17/h3-9H,11H2,1-2H3/b14-5-. The van der Waals surface area contributed by atoms with Crippen molar-refractivity contribution in [2.75, 3.05) is 21.0 Å². The fourth-order valence-electron chi connectivity index (χ4n) is 2.42. The Kier molecular flexibility index (Phi) is 4.57. The summed E-state index contributed by atoms with van der Waals surface area (Å²) >= 11 is 0. The maximum Gasteiger partial charge on any atom is 0.231 e. The number of fused-ring (bicyclic) bond motifs is 1. The Bertz CT molecular complexity index is 873. The van der Waals surface area contributed by atoms with E-state index in [1.165, 1.54) is 20.3 Å². The van der Waals surface area contributed by atoms with Crippen molar-refractivity contribution in [2.45, 2.75) is 0 Å². The van der Waals surface area contributed by atoms with Crippen LogP contribution in [0.4, 0.5) is 0 Å². The molecule has 3 rings (SSSR count). The molecule has 0 saturated carbocycles. The molecule has 0 saturated heterocycles. The van der Waals surface area contributed by atoms with Gasteiger partial charge in [-0.2, -0.15) is 5.26 Å². The molecule has 0 unspecified atom stereocenters. The molecule has 0 amide bonds. The lowest BCUT2D eigenvalue weighted by Crippen LogP contribution is -2.02. The van der Waals surface area contributed by atoms with Crippen LogP contribution < -0.4 is 18.9 Å². The minimum atomic E-state index is -0.400. The van der Waals surface area contributed by atoms with E-state index < -0.39 is 5.78 Å². The highest BCUT2D eigenvalue weighted by atomic mass is 16.7. The Hall–Kier alpha value is -3.46. The topological polar surface area (TPSA) is 77.8 Å². The first kappa shape index (κ1) is 16.4. The first-order valence-electron chi connectivity index (χ1n) is 7.44. The van der Waals surface area contributed by atoms with Crippen LogP contribution in [-0.2, 0) is 0 Å². The Morgan fingerprint density at radius 3 is 2.40 bits per heavy atom. The maximum atomic E-state index is 12.6. The van der Waals surface area contributed by atoms with E-state index in [0.717, 1.165) is 0 Å². The summed E-state index contributed by atoms with van der Waals surface area (Å²) in [5.74, 6) is 1.81. The number of nitrogens with zero attached hydrogens (tertiary/aromatic N) is 1. The van der Waals surface area contributed by atoms with Gasteiger partial charge in [-0.25, -0.2) is 0 Å². The summed E-state index contributed by atoms with van der Waals surface area (Å²) in [6.07, 6.45) is 1.50. The Balaban J connectivity index is 1.95. The lowest BCUT2D eigenvalue weighted by atomic mass is 10.0. The first-order chi connectivity index (χ1) is 12.1. The van der Waals surface area contributed by atoms with Crippen molar-refractivity contribution in [3.05, 3.63) is 53.1 Å². The van der Waals surface area contributed by atoms with Gasteiger partial charge in [-0.1, -0.05) is 0 Å². The van der Waals surface area contributed by atoms with Gasteiger partial charge >= 0.3 is 0 Å². The van der Waals surface area contributed by atoms with Crippen LogP contribution in [0.1, 0.15) is 15.9 Å². The lowest BCUT2D eigenvalue weighted by molar-refractivity contribution is 0.103. The molecule has 25 heavy (non-hydrogen) atoms. The maximum absolute atomic E-state index is 12.6. The van der Waals surface area contributed by atoms with E-state index in [4.69, 9.17) is 18.9 Å². The molecule has 0 radical (unpaired) electrons. The van der Waals surface area contributed by atoms with Gasteiger partial charge in [0.15, 0.2) is 11.5 Å². The van der Waals surface area contributed by atoms with Crippen LogP contribution in [0, 0.1) is 11.3 Å². The smallest absolute Gasteiger partial charge is 0.231 e. The van der Waals surface area contributed by atoms with Gasteiger partial charge in [-0.05, 0) is 42.0 Å². The second kappa shape index (κ2) is 6.97. The number of allylic oxidation sites excluding steroid dienone is 1. The quantitative estimate of drug-likeness (QED) is 0.473. The predicted molar refractivity (Wildman–Crippen MR) is 90.0 cm³/mol. The van der Waals surface area contributed by atoms with Crippen molar-refractivity contribution in [3.8, 4) is 29.1 Å². The van der Waals surface area contributed by atoms with E-state index in [2.05, 4.69) is 0 Å². The second-order valence-electron chi connectivity index (χ2n) is 5.21. The van der Waals surface area contributed by atoms with E-state index in [9.17, 15) is 10.1 Å². The molecule has 0 N–H and O–H groups in total. The van der Waals surface area contributed by atoms with Crippen molar-refractivity contribution >= 4 is 11.9 Å². The Morgan fingerprint density at radius 1 is 1.08 bits per heavy atom. The van der Waals surface area contributed by atoms with Crippen LogP contribution in [0.25, 0.3) is 6.08 Å². The van der Waals surface area contributed by atoms with Gasteiger partial charge < -0.3 is 18.9 Å². The fraction of sp³-hybridized carbons (Fsp3) is 0.158. The average Bonchev–Trinajstić information content (AvgIpc) is 3.12. The van der Waals surface area contributed by atoms with Crippen LogP contribution in [-0.4, -0.2) is 26.8 Å². The largest absolute Gasteiger partial charge is 0.497 e. The third-order valence-corrected chi connectivity index (χ3v) is 3.68. The normalized spacial score (nSPS) is 12.4. The summed E-state index contributed by atoms with van der Waals surface area (Å²) in [5.41, 5.74) is 0.975. The molecule has 1 heterocycles. The number of rotatable bonds is 5. The number of hydrogen-bond donors (Lipinski definition) is 0. The number of carbonyl (C=O) groups excluding carboxylic acids is 1. The van der Waals surface area contributed by atoms with E-state index >= 15 is 0 Å². The minimum Gasteiger partial charge on any atom is -0.497 e. The number of methoxy groups -OCH3 is 2. The third kappa shape index (κ3) is 3.40. The van der Waals surface area contributed by atoms with Crippen molar-refractivity contribution < 1.29 is 23.7 Å². The highest BCUT2D eigenvalue weighted by molar-refractivity contribution is 6.14. The summed E-state index contributed by atoms with van der Waals surface area (Å²) in [7, 11) is 3.07. The van der Waals surface area contributed by atoms with Gasteiger partial charge in [0.25, 0.3) is 0 Å². The van der Waals surface area contributed by atoms with Gasteiger partial charge in [0.1, 0.15) is 23.1 Å². The number of nitriles is 1. The number of hydrogen-bond acceptors (Lipinski definition) is 6.